The van der Waals surface area contributed by atoms with Gasteiger partial charge in [-0.15, -0.1) is 0 Å². The normalized spacial score (nSPS) is 26.3. The van der Waals surface area contributed by atoms with Crippen molar-refractivity contribution >= 4 is 13.7 Å². The van der Waals surface area contributed by atoms with E-state index in [9.17, 15) is 50.0 Å². The first-order valence-corrected chi connectivity index (χ1v) is 19.5. The van der Waals surface area contributed by atoms with Crippen LogP contribution in [-0.4, -0.2) is 108 Å². The first kappa shape index (κ1) is 45.5. The Bertz CT molecular complexity index is 995. The molecular formula is C35H64NO12P. The highest BCUT2D eigenvalue weighted by Gasteiger charge is 2.51. The average molecular weight is 722 g/mol. The van der Waals surface area contributed by atoms with E-state index in [4.69, 9.17) is 9.05 Å². The van der Waals surface area contributed by atoms with E-state index in [2.05, 4.69) is 43.5 Å². The molecule has 0 saturated heterocycles. The van der Waals surface area contributed by atoms with Crippen LogP contribution >= 0.6 is 7.82 Å². The van der Waals surface area contributed by atoms with Gasteiger partial charge in [0.2, 0.25) is 5.91 Å². The fourth-order valence-electron chi connectivity index (χ4n) is 5.35. The summed E-state index contributed by atoms with van der Waals surface area (Å²) < 4.78 is 22.6. The van der Waals surface area contributed by atoms with E-state index >= 15 is 0 Å². The number of hydrogen-bond donors (Lipinski definition) is 9. The smallest absolute Gasteiger partial charge is 0.393 e. The van der Waals surface area contributed by atoms with Crippen molar-refractivity contribution in [2.45, 2.75) is 171 Å². The lowest BCUT2D eigenvalue weighted by molar-refractivity contribution is -0.220. The quantitative estimate of drug-likeness (QED) is 0.0338. The Balaban J connectivity index is 2.75. The zero-order valence-electron chi connectivity index (χ0n) is 29.3. The van der Waals surface area contributed by atoms with Gasteiger partial charge in [-0.25, -0.2) is 4.57 Å². The highest BCUT2D eigenvalue weighted by atomic mass is 31.2. The maximum absolute atomic E-state index is 12.8. The Morgan fingerprint density at radius 3 is 1.82 bits per heavy atom. The Morgan fingerprint density at radius 2 is 1.22 bits per heavy atom. The minimum atomic E-state index is -5.13. The second-order valence-corrected chi connectivity index (χ2v) is 14.3. The summed E-state index contributed by atoms with van der Waals surface area (Å²) in [6.07, 6.45) is 11.5. The summed E-state index contributed by atoms with van der Waals surface area (Å²) in [7, 11) is -5.13. The van der Waals surface area contributed by atoms with Crippen LogP contribution in [0.25, 0.3) is 0 Å². The number of amides is 1. The van der Waals surface area contributed by atoms with E-state index in [1.54, 1.807) is 6.08 Å². The summed E-state index contributed by atoms with van der Waals surface area (Å²) in [6, 6.07) is -1.26. The third-order valence-electron chi connectivity index (χ3n) is 8.45. The lowest BCUT2D eigenvalue weighted by atomic mass is 9.85. The second kappa shape index (κ2) is 26.3. The molecule has 1 aliphatic rings. The minimum Gasteiger partial charge on any atom is -0.393 e. The molecule has 0 spiro atoms. The molecule has 0 aromatic heterocycles. The third kappa shape index (κ3) is 19.6. The van der Waals surface area contributed by atoms with Crippen molar-refractivity contribution in [3.8, 4) is 0 Å². The number of aliphatic hydroxyl groups is 7. The highest BCUT2D eigenvalue weighted by Crippen LogP contribution is 2.47. The topological polar surface area (TPSA) is 226 Å². The number of rotatable bonds is 27. The van der Waals surface area contributed by atoms with Gasteiger partial charge in [0.15, 0.2) is 0 Å². The van der Waals surface area contributed by atoms with E-state index in [1.807, 2.05) is 0 Å². The van der Waals surface area contributed by atoms with E-state index < -0.39 is 75.2 Å². The molecule has 13 nitrogen and oxygen atoms in total. The van der Waals surface area contributed by atoms with Crippen molar-refractivity contribution in [2.24, 2.45) is 0 Å². The van der Waals surface area contributed by atoms with Crippen molar-refractivity contribution in [2.75, 3.05) is 6.61 Å². The van der Waals surface area contributed by atoms with Crippen LogP contribution in [0.15, 0.2) is 36.5 Å². The zero-order valence-corrected chi connectivity index (χ0v) is 30.2. The van der Waals surface area contributed by atoms with Crippen molar-refractivity contribution in [3.63, 3.8) is 0 Å². The van der Waals surface area contributed by atoms with Crippen molar-refractivity contribution in [1.82, 2.24) is 5.32 Å². The fourth-order valence-corrected chi connectivity index (χ4v) is 6.32. The lowest BCUT2D eigenvalue weighted by Crippen LogP contribution is -2.64. The summed E-state index contributed by atoms with van der Waals surface area (Å²) >= 11 is 0. The molecule has 8 atom stereocenters. The number of nitrogens with one attached hydrogen (secondary N) is 1. The molecule has 1 aliphatic carbocycles. The molecule has 0 bridgehead atoms. The minimum absolute atomic E-state index is 0.265. The Morgan fingerprint density at radius 1 is 0.714 bits per heavy atom. The molecule has 1 amide bonds. The third-order valence-corrected chi connectivity index (χ3v) is 9.43. The van der Waals surface area contributed by atoms with Gasteiger partial charge in [-0.1, -0.05) is 95.2 Å². The molecule has 0 radical (unpaired) electrons. The summed E-state index contributed by atoms with van der Waals surface area (Å²) in [4.78, 5) is 23.1. The van der Waals surface area contributed by atoms with Crippen LogP contribution in [-0.2, 0) is 18.4 Å². The molecule has 1 fully saturated rings. The van der Waals surface area contributed by atoms with E-state index in [1.165, 1.54) is 31.8 Å². The molecule has 0 aliphatic heterocycles. The second-order valence-electron chi connectivity index (χ2n) is 12.9. The van der Waals surface area contributed by atoms with Gasteiger partial charge < -0.3 is 46.0 Å². The zero-order chi connectivity index (χ0) is 36.7. The molecule has 14 heteroatoms. The van der Waals surface area contributed by atoms with Gasteiger partial charge in [0.25, 0.3) is 0 Å². The summed E-state index contributed by atoms with van der Waals surface area (Å²) in [5.41, 5.74) is 0. The average Bonchev–Trinajstić information content (AvgIpc) is 3.06. The summed E-state index contributed by atoms with van der Waals surface area (Å²) in [5, 5.41) is 73.7. The molecular weight excluding hydrogens is 657 g/mol. The van der Waals surface area contributed by atoms with Gasteiger partial charge in [-0.2, -0.15) is 0 Å². The van der Waals surface area contributed by atoms with Crippen LogP contribution in [0.3, 0.4) is 0 Å². The van der Waals surface area contributed by atoms with Crippen LogP contribution < -0.4 is 5.32 Å². The molecule has 9 N–H and O–H groups in total. The van der Waals surface area contributed by atoms with Crippen LogP contribution in [0.4, 0.5) is 0 Å². The SMILES string of the molecule is CCCC/C=C\CCCCCC(O)CC(=O)NC(COP(=O)(O)OC1C(O)C(O)C(O)C(O)C1O)C(O)/C=C/CC/C=C/CCCCCC. The van der Waals surface area contributed by atoms with Crippen molar-refractivity contribution in [1.29, 1.82) is 0 Å². The molecule has 49 heavy (non-hydrogen) atoms. The van der Waals surface area contributed by atoms with Gasteiger partial charge in [0.1, 0.15) is 36.6 Å². The molecule has 0 heterocycles. The monoisotopic (exact) mass is 721 g/mol. The Hall–Kier alpha value is -1.48. The maximum Gasteiger partial charge on any atom is 0.472 e. The molecule has 1 saturated carbocycles. The lowest BCUT2D eigenvalue weighted by Gasteiger charge is -2.41. The highest BCUT2D eigenvalue weighted by molar-refractivity contribution is 7.47. The largest absolute Gasteiger partial charge is 0.472 e. The number of aliphatic hydroxyl groups excluding tert-OH is 7. The molecule has 8 unspecified atom stereocenters. The Kier molecular flexibility index (Phi) is 24.5. The van der Waals surface area contributed by atoms with Crippen LogP contribution in [0.1, 0.15) is 117 Å². The maximum atomic E-state index is 12.8. The number of hydrogen-bond acceptors (Lipinski definition) is 11. The number of carbonyl (C=O) groups excluding carboxylic acids is 1. The number of unbranched alkanes of at least 4 members (excludes halogenated alkanes) is 10. The van der Waals surface area contributed by atoms with E-state index in [0.29, 0.717) is 12.8 Å². The predicted molar refractivity (Wildman–Crippen MR) is 187 cm³/mol. The number of phosphoric ester groups is 1. The standard InChI is InChI=1S/C35H64NO12P/c1-3-5-7-9-11-13-15-17-19-21-23-28(38)27(36-29(39)24-26(37)22-20-18-16-14-12-10-8-6-4-2)25-47-49(45,46)48-35-33(43)31(41)30(40)32(42)34(35)44/h10,12-13,15,21,23,26-28,30-35,37-38,40-44H,3-9,11,14,16-20,22,24-25H2,1-2H3,(H,36,39)(H,45,46)/b12-10-,15-13+,23-21+. The van der Waals surface area contributed by atoms with Crippen molar-refractivity contribution < 1.29 is 59.0 Å². The first-order chi connectivity index (χ1) is 23.3. The molecule has 0 aromatic carbocycles. The molecule has 286 valence electrons. The molecule has 1 rings (SSSR count). The number of phosphoric acid groups is 1. The van der Waals surface area contributed by atoms with Crippen LogP contribution in [0, 0.1) is 0 Å². The van der Waals surface area contributed by atoms with Gasteiger partial charge in [0.05, 0.1) is 31.3 Å². The summed E-state index contributed by atoms with van der Waals surface area (Å²) in [6.45, 7) is 3.56. The van der Waals surface area contributed by atoms with Gasteiger partial charge in [-0.05, 0) is 51.4 Å². The van der Waals surface area contributed by atoms with Gasteiger partial charge in [0, 0.05) is 0 Å². The van der Waals surface area contributed by atoms with Gasteiger partial charge in [-0.3, -0.25) is 13.8 Å². The Labute approximate surface area is 292 Å². The van der Waals surface area contributed by atoms with Gasteiger partial charge >= 0.3 is 7.82 Å². The van der Waals surface area contributed by atoms with E-state index in [-0.39, 0.29) is 6.42 Å². The fraction of sp³-hybridized carbons (Fsp3) is 0.800. The predicted octanol–water partition coefficient (Wildman–Crippen LogP) is 3.46. The van der Waals surface area contributed by atoms with Crippen molar-refractivity contribution in [3.05, 3.63) is 36.5 Å². The van der Waals surface area contributed by atoms with E-state index in [0.717, 1.165) is 57.8 Å². The number of allylic oxidation sites excluding steroid dienone is 5. The van der Waals surface area contributed by atoms with Crippen LogP contribution in [0.5, 0.6) is 0 Å². The first-order valence-electron chi connectivity index (χ1n) is 18.0. The van der Waals surface area contributed by atoms with Crippen LogP contribution in [0.2, 0.25) is 0 Å². The number of carbonyl (C=O) groups is 1. The molecule has 0 aromatic rings. The summed E-state index contributed by atoms with van der Waals surface area (Å²) in [5.74, 6) is -0.620.